The van der Waals surface area contributed by atoms with E-state index in [0.29, 0.717) is 11.1 Å². The second kappa shape index (κ2) is 8.02. The third-order valence-electron chi connectivity index (χ3n) is 5.98. The van der Waals surface area contributed by atoms with Crippen LogP contribution < -0.4 is 0 Å². The Morgan fingerprint density at radius 2 is 1.84 bits per heavy atom. The van der Waals surface area contributed by atoms with Crippen LogP contribution in [0.3, 0.4) is 0 Å². The summed E-state index contributed by atoms with van der Waals surface area (Å²) >= 11 is 0. The third kappa shape index (κ3) is 3.44. The number of nitrogens with zero attached hydrogens (tertiary/aromatic N) is 1. The Labute approximate surface area is 186 Å². The largest absolute Gasteiger partial charge is 0.463 e. The first-order valence-corrected chi connectivity index (χ1v) is 11.8. The summed E-state index contributed by atoms with van der Waals surface area (Å²) in [5.74, 6) is -1.79. The van der Waals surface area contributed by atoms with Crippen LogP contribution in [-0.2, 0) is 30.8 Å². The van der Waals surface area contributed by atoms with Crippen molar-refractivity contribution < 1.29 is 27.5 Å². The summed E-state index contributed by atoms with van der Waals surface area (Å²) in [6, 6.07) is 12.1. The summed E-state index contributed by atoms with van der Waals surface area (Å²) in [4.78, 5) is 38.8. The van der Waals surface area contributed by atoms with Gasteiger partial charge in [-0.05, 0) is 44.4 Å². The van der Waals surface area contributed by atoms with Crippen molar-refractivity contribution in [1.29, 1.82) is 0 Å². The van der Waals surface area contributed by atoms with Crippen LogP contribution in [0.5, 0.6) is 0 Å². The number of sulfonamides is 1. The van der Waals surface area contributed by atoms with Crippen LogP contribution in [0.1, 0.15) is 34.8 Å². The quantitative estimate of drug-likeness (QED) is 0.392. The van der Waals surface area contributed by atoms with Crippen molar-refractivity contribution in [3.8, 4) is 0 Å². The number of ether oxygens (including phenoxy) is 1. The van der Waals surface area contributed by atoms with Crippen LogP contribution in [0.25, 0.3) is 0 Å². The van der Waals surface area contributed by atoms with E-state index in [-0.39, 0.29) is 30.1 Å². The van der Waals surface area contributed by atoms with E-state index in [1.807, 2.05) is 6.92 Å². The van der Waals surface area contributed by atoms with Gasteiger partial charge in [-0.1, -0.05) is 48.0 Å². The highest BCUT2D eigenvalue weighted by Gasteiger charge is 2.62. The maximum absolute atomic E-state index is 13.7. The number of ketones is 1. The molecule has 1 heterocycles. The monoisotopic (exact) mass is 453 g/mol. The van der Waals surface area contributed by atoms with Crippen molar-refractivity contribution in [2.24, 2.45) is 5.41 Å². The van der Waals surface area contributed by atoms with Gasteiger partial charge in [0.05, 0.1) is 17.5 Å². The van der Waals surface area contributed by atoms with Gasteiger partial charge in [-0.15, -0.1) is 0 Å². The van der Waals surface area contributed by atoms with E-state index in [9.17, 15) is 22.8 Å². The Bertz CT molecular complexity index is 1230. The number of hydrogen-bond acceptors (Lipinski definition) is 6. The van der Waals surface area contributed by atoms with E-state index >= 15 is 0 Å². The lowest BCUT2D eigenvalue weighted by atomic mass is 9.80. The summed E-state index contributed by atoms with van der Waals surface area (Å²) in [7, 11) is -4.26. The van der Waals surface area contributed by atoms with Crippen molar-refractivity contribution >= 4 is 27.7 Å². The van der Waals surface area contributed by atoms with Crippen molar-refractivity contribution in [3.63, 3.8) is 0 Å². The van der Waals surface area contributed by atoms with Gasteiger partial charge >= 0.3 is 5.97 Å². The molecule has 0 aromatic heterocycles. The molecule has 2 aromatic carbocycles. The molecule has 1 amide bonds. The number of hydrogen-bond donors (Lipinski definition) is 0. The second-order valence-electron chi connectivity index (χ2n) is 8.05. The van der Waals surface area contributed by atoms with Gasteiger partial charge < -0.3 is 4.74 Å². The molecule has 8 heteroatoms. The van der Waals surface area contributed by atoms with E-state index in [1.54, 1.807) is 43.3 Å². The predicted octanol–water partition coefficient (Wildman–Crippen LogP) is 2.83. The summed E-state index contributed by atoms with van der Waals surface area (Å²) in [5, 5.41) is 0. The Balaban J connectivity index is 1.79. The normalized spacial score (nSPS) is 22.7. The molecule has 0 bridgehead atoms. The second-order valence-corrected chi connectivity index (χ2v) is 9.86. The molecule has 1 saturated heterocycles. The van der Waals surface area contributed by atoms with Gasteiger partial charge in [-0.25, -0.2) is 17.5 Å². The van der Waals surface area contributed by atoms with E-state index in [1.165, 1.54) is 18.2 Å². The number of esters is 1. The molecule has 0 radical (unpaired) electrons. The molecular formula is C24H23NO6S. The number of amides is 1. The van der Waals surface area contributed by atoms with Gasteiger partial charge in [0.25, 0.3) is 15.9 Å². The molecule has 1 spiro atoms. The number of aryl methyl sites for hydroxylation is 1. The van der Waals surface area contributed by atoms with E-state index in [0.717, 1.165) is 15.9 Å². The lowest BCUT2D eigenvalue weighted by Crippen LogP contribution is -2.43. The Morgan fingerprint density at radius 3 is 2.50 bits per heavy atom. The van der Waals surface area contributed by atoms with Crippen molar-refractivity contribution in [2.45, 2.75) is 37.6 Å². The van der Waals surface area contributed by atoms with Crippen molar-refractivity contribution in [3.05, 3.63) is 77.4 Å². The highest BCUT2D eigenvalue weighted by molar-refractivity contribution is 7.89. The van der Waals surface area contributed by atoms with Crippen LogP contribution in [0.4, 0.5) is 0 Å². The van der Waals surface area contributed by atoms with Crippen LogP contribution in [0.2, 0.25) is 0 Å². The Morgan fingerprint density at radius 1 is 1.16 bits per heavy atom. The first-order valence-electron chi connectivity index (χ1n) is 10.3. The predicted molar refractivity (Wildman–Crippen MR) is 116 cm³/mol. The minimum absolute atomic E-state index is 0.0413. The number of rotatable bonds is 5. The van der Waals surface area contributed by atoms with Crippen molar-refractivity contribution in [1.82, 2.24) is 4.31 Å². The van der Waals surface area contributed by atoms with Gasteiger partial charge in [0.2, 0.25) is 0 Å². The van der Waals surface area contributed by atoms with E-state index in [2.05, 4.69) is 0 Å². The van der Waals surface area contributed by atoms with Gasteiger partial charge in [0, 0.05) is 11.6 Å². The number of carbonyl (C=O) groups is 3. The highest BCUT2D eigenvalue weighted by Crippen LogP contribution is 2.48. The maximum Gasteiger partial charge on any atom is 0.330 e. The van der Waals surface area contributed by atoms with Crippen LogP contribution in [0, 0.1) is 12.3 Å². The number of fused-ring (bicyclic) bond motifs is 1. The molecule has 32 heavy (non-hydrogen) atoms. The molecule has 0 unspecified atom stereocenters. The molecular weight excluding hydrogens is 430 g/mol. The van der Waals surface area contributed by atoms with Gasteiger partial charge in [0.15, 0.2) is 5.78 Å². The number of benzene rings is 2. The van der Waals surface area contributed by atoms with Gasteiger partial charge in [0.1, 0.15) is 5.41 Å². The lowest BCUT2D eigenvalue weighted by molar-refractivity contribution is -0.137. The topological polar surface area (TPSA) is 97.8 Å². The molecule has 1 fully saturated rings. The molecule has 7 nitrogen and oxygen atoms in total. The Kier molecular flexibility index (Phi) is 5.50. The zero-order chi connectivity index (χ0) is 23.1. The summed E-state index contributed by atoms with van der Waals surface area (Å²) in [6.45, 7) is 3.64. The first kappa shape index (κ1) is 22.0. The lowest BCUT2D eigenvalue weighted by Gasteiger charge is -2.23. The van der Waals surface area contributed by atoms with E-state index < -0.39 is 33.4 Å². The van der Waals surface area contributed by atoms with Crippen LogP contribution in [-0.4, -0.2) is 43.0 Å². The van der Waals surface area contributed by atoms with E-state index in [4.69, 9.17) is 4.74 Å². The zero-order valence-corrected chi connectivity index (χ0v) is 18.6. The maximum atomic E-state index is 13.7. The van der Waals surface area contributed by atoms with Gasteiger partial charge in [-0.2, -0.15) is 0 Å². The molecule has 4 rings (SSSR count). The molecule has 0 N–H and O–H groups in total. The summed E-state index contributed by atoms with van der Waals surface area (Å²) in [5.41, 5.74) is 0.510. The van der Waals surface area contributed by atoms with Crippen LogP contribution in [0.15, 0.2) is 65.6 Å². The SMILES string of the molecule is CCOC(=O)/C=C/[C@H]1C[C@@]2(Cc3ccccc3C2=O)C(=O)N1S(=O)(=O)c1ccc(C)cc1. The zero-order valence-electron chi connectivity index (χ0n) is 17.8. The van der Waals surface area contributed by atoms with Crippen LogP contribution >= 0.6 is 0 Å². The third-order valence-corrected chi connectivity index (χ3v) is 7.80. The fourth-order valence-electron chi connectivity index (χ4n) is 4.42. The molecule has 2 atom stereocenters. The molecule has 2 aliphatic rings. The molecule has 1 aliphatic carbocycles. The summed E-state index contributed by atoms with van der Waals surface area (Å²) in [6.07, 6.45) is 2.54. The average Bonchev–Trinajstić information content (AvgIpc) is 3.21. The Hall–Kier alpha value is -3.26. The fraction of sp³-hybridized carbons (Fsp3) is 0.292. The molecule has 0 saturated carbocycles. The minimum Gasteiger partial charge on any atom is -0.463 e. The smallest absolute Gasteiger partial charge is 0.330 e. The molecule has 166 valence electrons. The van der Waals surface area contributed by atoms with Gasteiger partial charge in [-0.3, -0.25) is 9.59 Å². The number of carbonyl (C=O) groups excluding carboxylic acids is 3. The minimum atomic E-state index is -4.26. The standard InChI is InChI=1S/C24H23NO6S/c1-3-31-21(26)13-10-18-15-24(14-17-6-4-5-7-20(17)22(24)27)23(28)25(18)32(29,30)19-11-8-16(2)9-12-19/h4-13,18H,3,14-15H2,1-2H3/b13-10+/t18-,24+/m0/s1. The highest BCUT2D eigenvalue weighted by atomic mass is 32.2. The molecule has 2 aromatic rings. The first-order chi connectivity index (χ1) is 15.2. The number of Topliss-reactive ketones (excluding diaryl/α,β-unsaturated/α-hetero) is 1. The molecule has 1 aliphatic heterocycles. The summed E-state index contributed by atoms with van der Waals surface area (Å²) < 4.78 is 32.7. The van der Waals surface area contributed by atoms with Crippen molar-refractivity contribution in [2.75, 3.05) is 6.61 Å². The fourth-order valence-corrected chi connectivity index (χ4v) is 6.02. The average molecular weight is 454 g/mol.